The first kappa shape index (κ1) is 20.7. The highest BCUT2D eigenvalue weighted by Crippen LogP contribution is 2.38. The molecule has 0 aliphatic carbocycles. The summed E-state index contributed by atoms with van der Waals surface area (Å²) in [6, 6.07) is 10.0. The minimum Gasteiger partial charge on any atom is -0.328 e. The van der Waals surface area contributed by atoms with Gasteiger partial charge < -0.3 is 5.32 Å². The van der Waals surface area contributed by atoms with E-state index >= 15 is 0 Å². The monoisotopic (exact) mass is 441 g/mol. The van der Waals surface area contributed by atoms with Crippen molar-refractivity contribution in [3.05, 3.63) is 69.8 Å². The van der Waals surface area contributed by atoms with Crippen molar-refractivity contribution in [2.24, 2.45) is 4.99 Å². The number of nitrogens with one attached hydrogen (secondary N) is 1. The van der Waals surface area contributed by atoms with E-state index in [0.29, 0.717) is 27.5 Å². The number of hydrogen-bond acceptors (Lipinski definition) is 5. The fourth-order valence-electron chi connectivity index (χ4n) is 3.35. The number of benzene rings is 1. The molecule has 2 atom stereocenters. The summed E-state index contributed by atoms with van der Waals surface area (Å²) >= 11 is 1.36. The summed E-state index contributed by atoms with van der Waals surface area (Å²) in [6.45, 7) is 1.69. The Kier molecular flexibility index (Phi) is 5.29. The Morgan fingerprint density at radius 1 is 1.16 bits per heavy atom. The van der Waals surface area contributed by atoms with Gasteiger partial charge in [0.2, 0.25) is 0 Å². The van der Waals surface area contributed by atoms with Crippen LogP contribution in [0.1, 0.15) is 40.7 Å². The third-order valence-electron chi connectivity index (χ3n) is 4.87. The maximum absolute atomic E-state index is 12.9. The van der Waals surface area contributed by atoms with E-state index in [-0.39, 0.29) is 0 Å². The molecule has 0 saturated carbocycles. The van der Waals surface area contributed by atoms with Crippen LogP contribution in [0.2, 0.25) is 0 Å². The number of amides is 2. The van der Waals surface area contributed by atoms with Gasteiger partial charge in [-0.3, -0.25) is 4.98 Å². The van der Waals surface area contributed by atoms with E-state index < -0.39 is 29.9 Å². The van der Waals surface area contributed by atoms with Crippen molar-refractivity contribution < 1.29 is 18.0 Å². The number of pyridine rings is 1. The zero-order chi connectivity index (χ0) is 22.2. The molecule has 1 aliphatic rings. The zero-order valence-electron chi connectivity index (χ0n) is 16.0. The smallest absolute Gasteiger partial charge is 0.328 e. The normalized spacial score (nSPS) is 18.8. The van der Waals surface area contributed by atoms with Gasteiger partial charge >= 0.3 is 12.2 Å². The lowest BCUT2D eigenvalue weighted by Crippen LogP contribution is -2.38. The van der Waals surface area contributed by atoms with Gasteiger partial charge in [0, 0.05) is 22.9 Å². The zero-order valence-corrected chi connectivity index (χ0v) is 16.8. The number of alkyl halides is 3. The standard InChI is InChI=1S/C21H14F3N5OS/c1-11-17(19-28-15(10-31-19)13-4-2-12(8-25)3-5-13)18(29-20(30)27-11)14-6-7-16(26-9-14)21(22,23)24/h2-7,9-10,17-18H,1H3,(H,29,30). The molecule has 3 aromatic rings. The highest BCUT2D eigenvalue weighted by atomic mass is 32.1. The van der Waals surface area contributed by atoms with E-state index in [9.17, 15) is 18.0 Å². The summed E-state index contributed by atoms with van der Waals surface area (Å²) in [5, 5.41) is 14.2. The Morgan fingerprint density at radius 2 is 1.90 bits per heavy atom. The number of aromatic nitrogens is 2. The summed E-state index contributed by atoms with van der Waals surface area (Å²) < 4.78 is 38.6. The first-order chi connectivity index (χ1) is 14.8. The molecule has 10 heteroatoms. The Hall–Kier alpha value is -3.58. The number of carbonyl (C=O) groups excluding carboxylic acids is 1. The second kappa shape index (κ2) is 7.92. The van der Waals surface area contributed by atoms with E-state index in [1.807, 2.05) is 5.38 Å². The molecule has 6 nitrogen and oxygen atoms in total. The largest absolute Gasteiger partial charge is 0.433 e. The van der Waals surface area contributed by atoms with Gasteiger partial charge in [-0.05, 0) is 30.7 Å². The van der Waals surface area contributed by atoms with Crippen molar-refractivity contribution in [1.29, 1.82) is 5.26 Å². The molecule has 0 saturated heterocycles. The average Bonchev–Trinajstić information content (AvgIpc) is 3.22. The predicted octanol–water partition coefficient (Wildman–Crippen LogP) is 5.10. The predicted molar refractivity (Wildman–Crippen MR) is 109 cm³/mol. The van der Waals surface area contributed by atoms with Crippen LogP contribution in [0.25, 0.3) is 11.3 Å². The lowest BCUT2D eigenvalue weighted by atomic mass is 9.89. The molecule has 3 heterocycles. The number of nitriles is 1. The molecule has 2 aromatic heterocycles. The van der Waals surface area contributed by atoms with Gasteiger partial charge in [0.1, 0.15) is 10.7 Å². The average molecular weight is 441 g/mol. The highest BCUT2D eigenvalue weighted by molar-refractivity contribution is 7.10. The fraction of sp³-hybridized carbons (Fsp3) is 0.190. The van der Waals surface area contributed by atoms with Crippen molar-refractivity contribution in [1.82, 2.24) is 15.3 Å². The van der Waals surface area contributed by atoms with Crippen molar-refractivity contribution in [2.75, 3.05) is 0 Å². The van der Waals surface area contributed by atoms with E-state index in [0.717, 1.165) is 17.8 Å². The molecule has 0 bridgehead atoms. The second-order valence-corrected chi connectivity index (χ2v) is 7.78. The quantitative estimate of drug-likeness (QED) is 0.612. The van der Waals surface area contributed by atoms with E-state index in [2.05, 4.69) is 26.3 Å². The van der Waals surface area contributed by atoms with Gasteiger partial charge in [-0.2, -0.15) is 18.4 Å². The van der Waals surface area contributed by atoms with E-state index in [4.69, 9.17) is 5.26 Å². The van der Waals surface area contributed by atoms with Crippen LogP contribution in [0, 0.1) is 11.3 Å². The van der Waals surface area contributed by atoms with Crippen LogP contribution >= 0.6 is 11.3 Å². The second-order valence-electron chi connectivity index (χ2n) is 6.89. The number of rotatable bonds is 3. The molecule has 4 rings (SSSR count). The maximum Gasteiger partial charge on any atom is 0.433 e. The Bertz CT molecular complexity index is 1190. The molecule has 0 fully saturated rings. The molecule has 2 unspecified atom stereocenters. The number of aliphatic imine (C=N–C) groups is 1. The lowest BCUT2D eigenvalue weighted by Gasteiger charge is -2.29. The molecule has 0 spiro atoms. The number of thiazole rings is 1. The summed E-state index contributed by atoms with van der Waals surface area (Å²) in [5.74, 6) is -0.451. The fourth-order valence-corrected chi connectivity index (χ4v) is 4.38. The number of carbonyl (C=O) groups is 1. The number of hydrogen-bond donors (Lipinski definition) is 1. The van der Waals surface area contributed by atoms with Gasteiger partial charge in [0.25, 0.3) is 0 Å². The molecule has 156 valence electrons. The van der Waals surface area contributed by atoms with Gasteiger partial charge in [-0.25, -0.2) is 14.8 Å². The van der Waals surface area contributed by atoms with Crippen molar-refractivity contribution in [3.63, 3.8) is 0 Å². The Morgan fingerprint density at radius 3 is 2.52 bits per heavy atom. The van der Waals surface area contributed by atoms with Crippen molar-refractivity contribution in [2.45, 2.75) is 25.1 Å². The van der Waals surface area contributed by atoms with Gasteiger partial charge in [0.15, 0.2) is 0 Å². The van der Waals surface area contributed by atoms with Crippen LogP contribution in [0.3, 0.4) is 0 Å². The molecule has 2 amide bonds. The highest BCUT2D eigenvalue weighted by Gasteiger charge is 2.36. The van der Waals surface area contributed by atoms with Gasteiger partial charge in [0.05, 0.1) is 29.3 Å². The number of urea groups is 1. The summed E-state index contributed by atoms with van der Waals surface area (Å²) in [7, 11) is 0. The molecule has 1 N–H and O–H groups in total. The molecule has 31 heavy (non-hydrogen) atoms. The third kappa shape index (κ3) is 4.18. The van der Waals surface area contributed by atoms with Crippen LogP contribution in [-0.4, -0.2) is 21.7 Å². The minimum absolute atomic E-state index is 0.427. The minimum atomic E-state index is -4.55. The van der Waals surface area contributed by atoms with Crippen molar-refractivity contribution in [3.8, 4) is 17.3 Å². The molecule has 1 aromatic carbocycles. The van der Waals surface area contributed by atoms with Crippen LogP contribution in [-0.2, 0) is 6.18 Å². The molecule has 1 aliphatic heterocycles. The Labute approximate surface area is 179 Å². The van der Waals surface area contributed by atoms with Crippen LogP contribution in [0.4, 0.5) is 18.0 Å². The molecule has 0 radical (unpaired) electrons. The SMILES string of the molecule is CC1=NC(=O)NC(c2ccc(C(F)(F)F)nc2)C1c1nc(-c2ccc(C#N)cc2)cs1. The topological polar surface area (TPSA) is 91.0 Å². The summed E-state index contributed by atoms with van der Waals surface area (Å²) in [5.41, 5.74) is 1.98. The first-order valence-corrected chi connectivity index (χ1v) is 9.99. The molecular formula is C21H14F3N5OS. The van der Waals surface area contributed by atoms with Crippen LogP contribution in [0.5, 0.6) is 0 Å². The Balaban J connectivity index is 1.69. The maximum atomic E-state index is 12.9. The van der Waals surface area contributed by atoms with Crippen LogP contribution < -0.4 is 5.32 Å². The van der Waals surface area contributed by atoms with E-state index in [1.165, 1.54) is 17.4 Å². The van der Waals surface area contributed by atoms with Gasteiger partial charge in [-0.15, -0.1) is 11.3 Å². The number of halogens is 3. The lowest BCUT2D eigenvalue weighted by molar-refractivity contribution is -0.141. The summed E-state index contributed by atoms with van der Waals surface area (Å²) in [6.07, 6.45) is -3.43. The summed E-state index contributed by atoms with van der Waals surface area (Å²) in [4.78, 5) is 24.2. The third-order valence-corrected chi connectivity index (χ3v) is 5.80. The van der Waals surface area contributed by atoms with Crippen molar-refractivity contribution >= 4 is 23.1 Å². The molecular weight excluding hydrogens is 427 g/mol. The van der Waals surface area contributed by atoms with Gasteiger partial charge in [-0.1, -0.05) is 18.2 Å². The number of nitrogens with zero attached hydrogens (tertiary/aromatic N) is 4. The van der Waals surface area contributed by atoms with Crippen LogP contribution in [0.15, 0.2) is 53.0 Å². The first-order valence-electron chi connectivity index (χ1n) is 9.11. The van der Waals surface area contributed by atoms with E-state index in [1.54, 1.807) is 31.2 Å².